The average molecular weight is 745 g/mol. The first-order valence-electron chi connectivity index (χ1n) is 16.8. The van der Waals surface area contributed by atoms with E-state index in [0.29, 0.717) is 29.5 Å². The number of amides is 4. The van der Waals surface area contributed by atoms with E-state index in [4.69, 9.17) is 9.84 Å². The molecule has 16 heteroatoms. The molecule has 0 spiro atoms. The Labute approximate surface area is 303 Å². The van der Waals surface area contributed by atoms with Crippen molar-refractivity contribution in [3.8, 4) is 5.75 Å². The first kappa shape index (κ1) is 39.5. The molecule has 2 heterocycles. The fourth-order valence-electron chi connectivity index (χ4n) is 5.99. The van der Waals surface area contributed by atoms with Crippen molar-refractivity contribution in [1.29, 1.82) is 0 Å². The molecule has 4 rings (SSSR count). The number of ether oxygens (including phenoxy) is 1. The van der Waals surface area contributed by atoms with Crippen LogP contribution >= 0.6 is 11.3 Å². The summed E-state index contributed by atoms with van der Waals surface area (Å²) in [5.41, 5.74) is 1.45. The maximum absolute atomic E-state index is 14.1. The third-order valence-electron chi connectivity index (χ3n) is 8.45. The summed E-state index contributed by atoms with van der Waals surface area (Å²) in [6.45, 7) is 8.25. The van der Waals surface area contributed by atoms with Crippen LogP contribution in [0.1, 0.15) is 44.0 Å². The van der Waals surface area contributed by atoms with Crippen LogP contribution in [0.3, 0.4) is 0 Å². The average Bonchev–Trinajstić information content (AvgIpc) is 3.69. The van der Waals surface area contributed by atoms with Gasteiger partial charge in [-0.3, -0.25) is 4.79 Å². The monoisotopic (exact) mass is 744 g/mol. The minimum Gasteiger partial charge on any atom is -0.497 e. The second kappa shape index (κ2) is 17.8. The fraction of sp³-hybridized carbons (Fsp3) is 0.486. The number of hydrogen-bond donors (Lipinski definition) is 4. The zero-order chi connectivity index (χ0) is 37.3. The number of aliphatic hydroxyl groups excluding tert-OH is 1. The van der Waals surface area contributed by atoms with E-state index in [1.54, 1.807) is 22.4 Å². The Morgan fingerprint density at radius 3 is 2.33 bits per heavy atom. The quantitative estimate of drug-likeness (QED) is 0.151. The van der Waals surface area contributed by atoms with Crippen LogP contribution < -0.4 is 15.4 Å². The second-order valence-corrected chi connectivity index (χ2v) is 16.1. The molecule has 51 heavy (non-hydrogen) atoms. The van der Waals surface area contributed by atoms with Crippen LogP contribution in [-0.2, 0) is 34.3 Å². The molecular weight excluding hydrogens is 697 g/mol. The van der Waals surface area contributed by atoms with Gasteiger partial charge in [0.15, 0.2) is 0 Å². The van der Waals surface area contributed by atoms with Crippen molar-refractivity contribution < 1.29 is 37.8 Å². The van der Waals surface area contributed by atoms with Crippen molar-refractivity contribution in [2.75, 3.05) is 33.3 Å². The molecule has 0 radical (unpaired) electrons. The van der Waals surface area contributed by atoms with Crippen LogP contribution in [-0.4, -0.2) is 107 Å². The van der Waals surface area contributed by atoms with Crippen LogP contribution in [0.25, 0.3) is 0 Å². The molecule has 1 aliphatic heterocycles. The Balaban J connectivity index is 1.53. The highest BCUT2D eigenvalue weighted by atomic mass is 32.2. The third-order valence-corrected chi connectivity index (χ3v) is 11.2. The van der Waals surface area contributed by atoms with Gasteiger partial charge in [-0.1, -0.05) is 58.0 Å². The number of urea groups is 1. The van der Waals surface area contributed by atoms with Crippen LogP contribution in [0.15, 0.2) is 64.9 Å². The number of carbonyl (C=O) groups is 3. The van der Waals surface area contributed by atoms with Gasteiger partial charge in [0.1, 0.15) is 16.8 Å². The number of methoxy groups -OCH3 is 1. The van der Waals surface area contributed by atoms with Gasteiger partial charge in [0.05, 0.1) is 42.9 Å². The zero-order valence-corrected chi connectivity index (χ0v) is 31.2. The third kappa shape index (κ3) is 10.6. The summed E-state index contributed by atoms with van der Waals surface area (Å²) < 4.78 is 34.1. The molecule has 14 nitrogen and oxygen atoms in total. The van der Waals surface area contributed by atoms with Gasteiger partial charge in [0.25, 0.3) is 0 Å². The predicted octanol–water partition coefficient (Wildman–Crippen LogP) is 3.62. The van der Waals surface area contributed by atoms with Gasteiger partial charge in [-0.2, -0.15) is 4.31 Å². The topological polar surface area (TPSA) is 182 Å². The molecule has 1 saturated heterocycles. The SMILES string of the molecule is COc1ccc(S(=O)(=O)N(CC(C)C)C[C@H](O)[C@H](Cc2ccccc2)NC(=O)[C@H](C(C)C)N2CCN(Cc3csc(CNC(=O)O)n3)C2=O)cc1. The highest BCUT2D eigenvalue weighted by Gasteiger charge is 2.40. The van der Waals surface area contributed by atoms with Crippen molar-refractivity contribution >= 4 is 39.4 Å². The zero-order valence-electron chi connectivity index (χ0n) is 29.6. The molecule has 278 valence electrons. The normalized spacial score (nSPS) is 15.4. The van der Waals surface area contributed by atoms with Gasteiger partial charge in [0.2, 0.25) is 15.9 Å². The number of rotatable bonds is 18. The summed E-state index contributed by atoms with van der Waals surface area (Å²) in [5.74, 6) is -0.287. The number of hydrogen-bond acceptors (Lipinski definition) is 9. The maximum Gasteiger partial charge on any atom is 0.405 e. The van der Waals surface area contributed by atoms with E-state index >= 15 is 0 Å². The Morgan fingerprint density at radius 1 is 1.04 bits per heavy atom. The number of aromatic nitrogens is 1. The number of sulfonamides is 1. The lowest BCUT2D eigenvalue weighted by atomic mass is 9.97. The number of nitrogens with zero attached hydrogens (tertiary/aromatic N) is 4. The molecule has 4 amide bonds. The number of thiazole rings is 1. The second-order valence-electron chi connectivity index (χ2n) is 13.2. The summed E-state index contributed by atoms with van der Waals surface area (Å²) >= 11 is 1.29. The summed E-state index contributed by atoms with van der Waals surface area (Å²) in [6.07, 6.45) is -2.23. The lowest BCUT2D eigenvalue weighted by molar-refractivity contribution is -0.128. The van der Waals surface area contributed by atoms with Gasteiger partial charge in [-0.15, -0.1) is 11.3 Å². The van der Waals surface area contributed by atoms with E-state index < -0.39 is 40.2 Å². The van der Waals surface area contributed by atoms with Gasteiger partial charge < -0.3 is 35.4 Å². The molecule has 0 aliphatic carbocycles. The molecule has 1 aliphatic rings. The summed E-state index contributed by atoms with van der Waals surface area (Å²) in [5, 5.41) is 28.2. The van der Waals surface area contributed by atoms with E-state index in [1.807, 2.05) is 58.0 Å². The number of benzene rings is 2. The molecule has 0 unspecified atom stereocenters. The van der Waals surface area contributed by atoms with Gasteiger partial charge in [0, 0.05) is 31.6 Å². The van der Waals surface area contributed by atoms with Gasteiger partial charge in [-0.05, 0) is 48.1 Å². The van der Waals surface area contributed by atoms with Gasteiger partial charge in [-0.25, -0.2) is 23.0 Å². The van der Waals surface area contributed by atoms with E-state index in [1.165, 1.54) is 39.8 Å². The first-order chi connectivity index (χ1) is 24.2. The molecule has 0 saturated carbocycles. The Morgan fingerprint density at radius 2 is 1.73 bits per heavy atom. The van der Waals surface area contributed by atoms with E-state index in [0.717, 1.165) is 5.56 Å². The van der Waals surface area contributed by atoms with Crippen molar-refractivity contribution in [2.24, 2.45) is 11.8 Å². The summed E-state index contributed by atoms with van der Waals surface area (Å²) in [6, 6.07) is 13.3. The number of nitrogens with one attached hydrogen (secondary N) is 2. The molecule has 2 aromatic carbocycles. The molecule has 1 aromatic heterocycles. The van der Waals surface area contributed by atoms with Crippen LogP contribution in [0.5, 0.6) is 5.75 Å². The van der Waals surface area contributed by atoms with E-state index in [2.05, 4.69) is 15.6 Å². The number of carboxylic acid groups (broad SMARTS) is 1. The largest absolute Gasteiger partial charge is 0.497 e. The van der Waals surface area contributed by atoms with Crippen molar-refractivity contribution in [3.05, 3.63) is 76.2 Å². The Hall–Kier alpha value is -4.25. The smallest absolute Gasteiger partial charge is 0.405 e. The summed E-state index contributed by atoms with van der Waals surface area (Å²) in [7, 11) is -2.53. The highest BCUT2D eigenvalue weighted by Crippen LogP contribution is 2.24. The number of aliphatic hydroxyl groups is 1. The molecule has 3 atom stereocenters. The lowest BCUT2D eigenvalue weighted by Crippen LogP contribution is -2.57. The molecule has 1 fully saturated rings. The summed E-state index contributed by atoms with van der Waals surface area (Å²) in [4.78, 5) is 46.2. The minimum atomic E-state index is -4.03. The van der Waals surface area contributed by atoms with Crippen LogP contribution in [0.4, 0.5) is 9.59 Å². The van der Waals surface area contributed by atoms with Crippen LogP contribution in [0.2, 0.25) is 0 Å². The van der Waals surface area contributed by atoms with Gasteiger partial charge >= 0.3 is 12.1 Å². The van der Waals surface area contributed by atoms with Crippen molar-refractivity contribution in [1.82, 2.24) is 29.7 Å². The molecule has 0 bridgehead atoms. The minimum absolute atomic E-state index is 0.0564. The first-order valence-corrected chi connectivity index (χ1v) is 19.1. The molecular formula is C35H48N6O8S2. The maximum atomic E-state index is 14.1. The molecule has 4 N–H and O–H groups in total. The Kier molecular flexibility index (Phi) is 13.8. The predicted molar refractivity (Wildman–Crippen MR) is 193 cm³/mol. The van der Waals surface area contributed by atoms with E-state index in [9.17, 15) is 27.9 Å². The molecule has 3 aromatic rings. The van der Waals surface area contributed by atoms with Crippen molar-refractivity contribution in [2.45, 2.75) is 70.3 Å². The lowest BCUT2D eigenvalue weighted by Gasteiger charge is -2.34. The Bertz CT molecular complexity index is 1720. The van der Waals surface area contributed by atoms with Crippen LogP contribution in [0, 0.1) is 11.8 Å². The fourth-order valence-corrected chi connectivity index (χ4v) is 8.34. The highest BCUT2D eigenvalue weighted by molar-refractivity contribution is 7.89. The number of carbonyl (C=O) groups excluding carboxylic acids is 2. The van der Waals surface area contributed by atoms with E-state index in [-0.39, 0.29) is 55.4 Å². The standard InChI is InChI=1S/C35H48N6O8S2/c1-23(2)19-40(51(47,48)28-13-11-27(49-5)12-14-28)21-30(42)29(17-25-9-7-6-8-10-25)38-33(43)32(24(3)4)41-16-15-39(35(41)46)20-26-22-50-31(37-26)18-36-34(44)45/h6-14,22-24,29-30,32,36,42H,15-21H2,1-5H3,(H,38,43)(H,44,45)/t29-,30-,32-/m0/s1. The van der Waals surface area contributed by atoms with Crippen molar-refractivity contribution in [3.63, 3.8) is 0 Å².